The second-order valence-corrected chi connectivity index (χ2v) is 5.47. The Morgan fingerprint density at radius 3 is 2.36 bits per heavy atom. The lowest BCUT2D eigenvalue weighted by Crippen LogP contribution is -2.07. The normalized spacial score (nSPS) is 11.9. The zero-order chi connectivity index (χ0) is 10.8. The van der Waals surface area contributed by atoms with Crippen molar-refractivity contribution in [3.05, 3.63) is 29.8 Å². The highest BCUT2D eigenvalue weighted by Gasteiger charge is 2.22. The summed E-state index contributed by atoms with van der Waals surface area (Å²) in [6.45, 7) is 3.89. The second kappa shape index (κ2) is 4.61. The van der Waals surface area contributed by atoms with Gasteiger partial charge in [-0.15, -0.1) is 0 Å². The summed E-state index contributed by atoms with van der Waals surface area (Å²) in [7, 11) is 0. The van der Waals surface area contributed by atoms with Gasteiger partial charge in [0.2, 0.25) is 3.79 Å². The summed E-state index contributed by atoms with van der Waals surface area (Å²) >= 11 is 17.2. The van der Waals surface area contributed by atoms with Gasteiger partial charge < -0.3 is 4.74 Å². The van der Waals surface area contributed by atoms with Gasteiger partial charge in [0.15, 0.2) is 0 Å². The molecule has 0 fully saturated rings. The Morgan fingerprint density at radius 1 is 1.21 bits per heavy atom. The van der Waals surface area contributed by atoms with Gasteiger partial charge in [0.05, 0.1) is 6.10 Å². The molecular formula is C10H11Cl3O. The Labute approximate surface area is 98.9 Å². The average Bonchev–Trinajstić information content (AvgIpc) is 2.01. The van der Waals surface area contributed by atoms with E-state index in [-0.39, 0.29) is 6.10 Å². The van der Waals surface area contributed by atoms with Crippen LogP contribution in [0.15, 0.2) is 24.3 Å². The van der Waals surface area contributed by atoms with Crippen molar-refractivity contribution in [2.24, 2.45) is 0 Å². The molecule has 0 aliphatic carbocycles. The van der Waals surface area contributed by atoms with Crippen LogP contribution < -0.4 is 4.74 Å². The fourth-order valence-electron chi connectivity index (χ4n) is 1.02. The van der Waals surface area contributed by atoms with E-state index < -0.39 is 3.79 Å². The third-order valence-electron chi connectivity index (χ3n) is 1.53. The molecule has 0 radical (unpaired) electrons. The topological polar surface area (TPSA) is 9.23 Å². The molecule has 78 valence electrons. The molecular weight excluding hydrogens is 242 g/mol. The van der Waals surface area contributed by atoms with Gasteiger partial charge in [-0.1, -0.05) is 46.9 Å². The second-order valence-electron chi connectivity index (χ2n) is 3.19. The minimum absolute atomic E-state index is 0.112. The minimum atomic E-state index is -1.39. The summed E-state index contributed by atoms with van der Waals surface area (Å²) in [6, 6.07) is 7.11. The highest BCUT2D eigenvalue weighted by Crippen LogP contribution is 2.39. The Balaban J connectivity index is 2.90. The lowest BCUT2D eigenvalue weighted by atomic mass is 10.2. The summed E-state index contributed by atoms with van der Waals surface area (Å²) in [6.07, 6.45) is 0.112. The smallest absolute Gasteiger partial charge is 0.216 e. The molecule has 1 nitrogen and oxygen atoms in total. The fraction of sp³-hybridized carbons (Fsp3) is 0.400. The Kier molecular flexibility index (Phi) is 3.94. The zero-order valence-corrected chi connectivity index (χ0v) is 10.2. The van der Waals surface area contributed by atoms with E-state index in [1.807, 2.05) is 19.9 Å². The summed E-state index contributed by atoms with van der Waals surface area (Å²) in [5.41, 5.74) is 0.612. The molecule has 0 saturated carbocycles. The van der Waals surface area contributed by atoms with Crippen LogP contribution in [0.4, 0.5) is 0 Å². The summed E-state index contributed by atoms with van der Waals surface area (Å²) < 4.78 is 4.08. The minimum Gasteiger partial charge on any atom is -0.491 e. The van der Waals surface area contributed by atoms with E-state index in [9.17, 15) is 0 Å². The van der Waals surface area contributed by atoms with Crippen molar-refractivity contribution in [2.45, 2.75) is 23.7 Å². The molecule has 0 heterocycles. The first kappa shape index (κ1) is 12.0. The van der Waals surface area contributed by atoms with Crippen LogP contribution in [-0.2, 0) is 3.79 Å². The summed E-state index contributed by atoms with van der Waals surface area (Å²) in [5.74, 6) is 0.712. The van der Waals surface area contributed by atoms with Crippen molar-refractivity contribution in [3.63, 3.8) is 0 Å². The summed E-state index contributed by atoms with van der Waals surface area (Å²) in [5, 5.41) is 0. The predicted octanol–water partition coefficient (Wildman–Crippen LogP) is 4.30. The Morgan fingerprint density at radius 2 is 1.86 bits per heavy atom. The van der Waals surface area contributed by atoms with Gasteiger partial charge in [-0.2, -0.15) is 0 Å². The van der Waals surface area contributed by atoms with Crippen LogP contribution >= 0.6 is 34.8 Å². The van der Waals surface area contributed by atoms with Crippen LogP contribution in [0.1, 0.15) is 19.4 Å². The molecule has 0 amide bonds. The third kappa shape index (κ3) is 3.56. The van der Waals surface area contributed by atoms with E-state index in [1.54, 1.807) is 18.2 Å². The molecule has 1 aromatic rings. The number of benzene rings is 1. The first-order chi connectivity index (χ1) is 6.39. The first-order valence-electron chi connectivity index (χ1n) is 4.23. The lowest BCUT2D eigenvalue weighted by molar-refractivity contribution is 0.242. The Bertz CT molecular complexity index is 304. The van der Waals surface area contributed by atoms with E-state index in [0.717, 1.165) is 0 Å². The molecule has 0 spiro atoms. The van der Waals surface area contributed by atoms with E-state index in [0.29, 0.717) is 11.3 Å². The lowest BCUT2D eigenvalue weighted by Gasteiger charge is -2.14. The monoisotopic (exact) mass is 252 g/mol. The number of halogens is 3. The van der Waals surface area contributed by atoms with Gasteiger partial charge in [0.1, 0.15) is 5.75 Å². The van der Waals surface area contributed by atoms with Crippen LogP contribution in [0.5, 0.6) is 5.75 Å². The first-order valence-corrected chi connectivity index (χ1v) is 5.37. The standard InChI is InChI=1S/C10H11Cl3O/c1-7(2)14-9-5-3-4-8(6-9)10(11,12)13/h3-7H,1-2H3. The molecule has 1 rings (SSSR count). The van der Waals surface area contributed by atoms with Gasteiger partial charge in [-0.3, -0.25) is 0 Å². The molecule has 0 bridgehead atoms. The van der Waals surface area contributed by atoms with Crippen LogP contribution in [0, 0.1) is 0 Å². The maximum atomic E-state index is 5.74. The van der Waals surface area contributed by atoms with Crippen LogP contribution in [0.3, 0.4) is 0 Å². The van der Waals surface area contributed by atoms with Crippen molar-refractivity contribution in [3.8, 4) is 5.75 Å². The number of ether oxygens (including phenoxy) is 1. The molecule has 0 aromatic heterocycles. The molecule has 4 heteroatoms. The molecule has 0 aliphatic heterocycles. The SMILES string of the molecule is CC(C)Oc1cccc(C(Cl)(Cl)Cl)c1. The summed E-state index contributed by atoms with van der Waals surface area (Å²) in [4.78, 5) is 0. The Hall–Kier alpha value is -0.110. The maximum absolute atomic E-state index is 5.74. The van der Waals surface area contributed by atoms with Crippen molar-refractivity contribution >= 4 is 34.8 Å². The van der Waals surface area contributed by atoms with Gasteiger partial charge in [0, 0.05) is 5.56 Å². The highest BCUT2D eigenvalue weighted by molar-refractivity contribution is 6.66. The largest absolute Gasteiger partial charge is 0.491 e. The van der Waals surface area contributed by atoms with Crippen molar-refractivity contribution < 1.29 is 4.74 Å². The number of alkyl halides is 3. The zero-order valence-electron chi connectivity index (χ0n) is 7.93. The number of hydrogen-bond acceptors (Lipinski definition) is 1. The molecule has 0 N–H and O–H groups in total. The van der Waals surface area contributed by atoms with Crippen LogP contribution in [0.2, 0.25) is 0 Å². The highest BCUT2D eigenvalue weighted by atomic mass is 35.6. The number of hydrogen-bond donors (Lipinski definition) is 0. The van der Waals surface area contributed by atoms with Gasteiger partial charge in [-0.05, 0) is 26.0 Å². The van der Waals surface area contributed by atoms with Crippen LogP contribution in [-0.4, -0.2) is 6.10 Å². The molecule has 14 heavy (non-hydrogen) atoms. The third-order valence-corrected chi connectivity index (χ3v) is 2.19. The number of rotatable bonds is 2. The van der Waals surface area contributed by atoms with E-state index in [4.69, 9.17) is 39.5 Å². The average molecular weight is 254 g/mol. The molecule has 0 atom stereocenters. The van der Waals surface area contributed by atoms with E-state index in [2.05, 4.69) is 0 Å². The van der Waals surface area contributed by atoms with Crippen molar-refractivity contribution in [2.75, 3.05) is 0 Å². The molecule has 0 aliphatic rings. The maximum Gasteiger partial charge on any atom is 0.216 e. The van der Waals surface area contributed by atoms with Crippen molar-refractivity contribution in [1.29, 1.82) is 0 Å². The molecule has 0 saturated heterocycles. The fourth-order valence-corrected chi connectivity index (χ4v) is 1.37. The van der Waals surface area contributed by atoms with Gasteiger partial charge >= 0.3 is 0 Å². The van der Waals surface area contributed by atoms with Crippen LogP contribution in [0.25, 0.3) is 0 Å². The molecule has 1 aromatic carbocycles. The van der Waals surface area contributed by atoms with E-state index in [1.165, 1.54) is 0 Å². The van der Waals surface area contributed by atoms with E-state index >= 15 is 0 Å². The quantitative estimate of drug-likeness (QED) is 0.714. The van der Waals surface area contributed by atoms with Gasteiger partial charge in [0.25, 0.3) is 0 Å². The molecule has 0 unspecified atom stereocenters. The van der Waals surface area contributed by atoms with Crippen molar-refractivity contribution in [1.82, 2.24) is 0 Å². The van der Waals surface area contributed by atoms with Gasteiger partial charge in [-0.25, -0.2) is 0 Å². The predicted molar refractivity (Wildman–Crippen MR) is 61.4 cm³/mol.